The monoisotopic (exact) mass is 289 g/mol. The summed E-state index contributed by atoms with van der Waals surface area (Å²) in [6.07, 6.45) is 3.27. The Morgan fingerprint density at radius 2 is 2.20 bits per heavy atom. The summed E-state index contributed by atoms with van der Waals surface area (Å²) >= 11 is 2.02. The Morgan fingerprint density at radius 1 is 1.30 bits per heavy atom. The van der Waals surface area contributed by atoms with Crippen molar-refractivity contribution < 1.29 is 4.52 Å². The summed E-state index contributed by atoms with van der Waals surface area (Å²) in [5, 5.41) is 7.54. The molecule has 1 fully saturated rings. The lowest BCUT2D eigenvalue weighted by molar-refractivity contribution is 0.353. The number of nitrogens with one attached hydrogen (secondary N) is 1. The molecule has 1 aliphatic heterocycles. The van der Waals surface area contributed by atoms with Gasteiger partial charge < -0.3 is 9.84 Å². The number of benzene rings is 1. The summed E-state index contributed by atoms with van der Waals surface area (Å²) in [5.74, 6) is 3.92. The quantitative estimate of drug-likeness (QED) is 0.917. The van der Waals surface area contributed by atoms with Crippen molar-refractivity contribution in [3.63, 3.8) is 0 Å². The number of nitrogens with zero attached hydrogens (tertiary/aromatic N) is 2. The van der Waals surface area contributed by atoms with Gasteiger partial charge in [0.05, 0.1) is 6.54 Å². The second kappa shape index (κ2) is 6.90. The molecule has 5 heteroatoms. The van der Waals surface area contributed by atoms with E-state index in [-0.39, 0.29) is 0 Å². The van der Waals surface area contributed by atoms with E-state index in [1.807, 2.05) is 30.0 Å². The van der Waals surface area contributed by atoms with Crippen LogP contribution in [-0.4, -0.2) is 27.7 Å². The average Bonchev–Trinajstić information content (AvgIpc) is 2.95. The summed E-state index contributed by atoms with van der Waals surface area (Å²) in [6.45, 7) is 0.674. The van der Waals surface area contributed by atoms with Crippen LogP contribution in [-0.2, 0) is 13.0 Å². The molecule has 0 saturated carbocycles. The molecule has 1 aromatic carbocycles. The maximum absolute atomic E-state index is 5.30. The van der Waals surface area contributed by atoms with Crippen LogP contribution in [0.1, 0.15) is 30.1 Å². The molecular formula is C15H19N3OS. The highest BCUT2D eigenvalue weighted by molar-refractivity contribution is 7.99. The van der Waals surface area contributed by atoms with Gasteiger partial charge in [-0.05, 0) is 24.2 Å². The van der Waals surface area contributed by atoms with Crippen molar-refractivity contribution in [2.45, 2.75) is 31.8 Å². The van der Waals surface area contributed by atoms with E-state index < -0.39 is 0 Å². The first-order valence-electron chi connectivity index (χ1n) is 7.06. The van der Waals surface area contributed by atoms with E-state index in [1.54, 1.807) is 0 Å². The van der Waals surface area contributed by atoms with Crippen LogP contribution in [0.4, 0.5) is 0 Å². The molecule has 0 aliphatic carbocycles. The van der Waals surface area contributed by atoms with Crippen LogP contribution in [0.2, 0.25) is 0 Å². The molecule has 1 saturated heterocycles. The molecule has 4 nitrogen and oxygen atoms in total. The molecule has 1 atom stereocenters. The topological polar surface area (TPSA) is 51.0 Å². The van der Waals surface area contributed by atoms with E-state index in [4.69, 9.17) is 4.52 Å². The Labute approximate surface area is 123 Å². The lowest BCUT2D eigenvalue weighted by Gasteiger charge is -2.21. The molecule has 3 rings (SSSR count). The number of aromatic nitrogens is 2. The van der Waals surface area contributed by atoms with Crippen LogP contribution in [0, 0.1) is 0 Å². The molecule has 106 valence electrons. The van der Waals surface area contributed by atoms with Crippen molar-refractivity contribution in [2.75, 3.05) is 11.5 Å². The van der Waals surface area contributed by atoms with Crippen LogP contribution < -0.4 is 5.32 Å². The minimum atomic E-state index is 0.582. The van der Waals surface area contributed by atoms with Gasteiger partial charge >= 0.3 is 0 Å². The predicted molar refractivity (Wildman–Crippen MR) is 80.7 cm³/mol. The van der Waals surface area contributed by atoms with E-state index in [2.05, 4.69) is 27.6 Å². The first kappa shape index (κ1) is 13.6. The van der Waals surface area contributed by atoms with Gasteiger partial charge in [0.2, 0.25) is 5.89 Å². The van der Waals surface area contributed by atoms with Gasteiger partial charge in [0.1, 0.15) is 0 Å². The Hall–Kier alpha value is -1.33. The molecule has 0 spiro atoms. The lowest BCUT2D eigenvalue weighted by Crippen LogP contribution is -2.33. The van der Waals surface area contributed by atoms with E-state index >= 15 is 0 Å². The van der Waals surface area contributed by atoms with Crippen molar-refractivity contribution in [3.05, 3.63) is 47.6 Å². The standard InChI is InChI=1S/C15H19N3OS/c1-2-5-12(6-3-1)9-14-17-15(19-18-14)10-16-13-7-4-8-20-11-13/h1-3,5-6,13,16H,4,7-11H2. The van der Waals surface area contributed by atoms with E-state index in [9.17, 15) is 0 Å². The normalized spacial score (nSPS) is 19.1. The molecule has 2 heterocycles. The molecular weight excluding hydrogens is 270 g/mol. The third kappa shape index (κ3) is 3.84. The molecule has 0 bridgehead atoms. The van der Waals surface area contributed by atoms with Gasteiger partial charge in [-0.15, -0.1) is 0 Å². The zero-order valence-corrected chi connectivity index (χ0v) is 12.2. The summed E-state index contributed by atoms with van der Waals surface area (Å²) in [5.41, 5.74) is 1.21. The largest absolute Gasteiger partial charge is 0.338 e. The molecule has 1 N–H and O–H groups in total. The second-order valence-corrected chi connectivity index (χ2v) is 6.21. The van der Waals surface area contributed by atoms with Gasteiger partial charge in [0, 0.05) is 18.2 Å². The van der Waals surface area contributed by atoms with Gasteiger partial charge in [-0.1, -0.05) is 35.5 Å². The molecule has 1 aromatic heterocycles. The molecule has 20 heavy (non-hydrogen) atoms. The van der Waals surface area contributed by atoms with Crippen molar-refractivity contribution >= 4 is 11.8 Å². The van der Waals surface area contributed by atoms with E-state index in [0.29, 0.717) is 18.5 Å². The zero-order chi connectivity index (χ0) is 13.6. The second-order valence-electron chi connectivity index (χ2n) is 5.06. The summed E-state index contributed by atoms with van der Waals surface area (Å²) in [4.78, 5) is 4.44. The minimum absolute atomic E-state index is 0.582. The average molecular weight is 289 g/mol. The number of thioether (sulfide) groups is 1. The first-order valence-corrected chi connectivity index (χ1v) is 8.22. The van der Waals surface area contributed by atoms with Crippen molar-refractivity contribution in [3.8, 4) is 0 Å². The fourth-order valence-corrected chi connectivity index (χ4v) is 3.45. The van der Waals surface area contributed by atoms with Gasteiger partial charge in [-0.3, -0.25) is 0 Å². The smallest absolute Gasteiger partial charge is 0.240 e. The predicted octanol–water partition coefficient (Wildman–Crippen LogP) is 2.65. The minimum Gasteiger partial charge on any atom is -0.338 e. The van der Waals surface area contributed by atoms with Crippen molar-refractivity contribution in [1.29, 1.82) is 0 Å². The van der Waals surface area contributed by atoms with Crippen LogP contribution in [0.3, 0.4) is 0 Å². The maximum Gasteiger partial charge on any atom is 0.240 e. The Kier molecular flexibility index (Phi) is 4.71. The molecule has 0 amide bonds. The van der Waals surface area contributed by atoms with Gasteiger partial charge in [-0.2, -0.15) is 16.7 Å². The van der Waals surface area contributed by atoms with Crippen molar-refractivity contribution in [2.24, 2.45) is 0 Å². The number of hydrogen-bond acceptors (Lipinski definition) is 5. The van der Waals surface area contributed by atoms with Crippen LogP contribution in [0.15, 0.2) is 34.9 Å². The first-order chi connectivity index (χ1) is 9.90. The molecule has 1 unspecified atom stereocenters. The Bertz CT molecular complexity index is 523. The fraction of sp³-hybridized carbons (Fsp3) is 0.467. The van der Waals surface area contributed by atoms with Crippen LogP contribution in [0.25, 0.3) is 0 Å². The Balaban J connectivity index is 1.51. The highest BCUT2D eigenvalue weighted by Crippen LogP contribution is 2.17. The van der Waals surface area contributed by atoms with E-state index in [0.717, 1.165) is 12.2 Å². The summed E-state index contributed by atoms with van der Waals surface area (Å²) in [6, 6.07) is 10.8. The van der Waals surface area contributed by atoms with Gasteiger partial charge in [0.15, 0.2) is 5.82 Å². The maximum atomic E-state index is 5.30. The Morgan fingerprint density at radius 3 is 3.00 bits per heavy atom. The third-order valence-electron chi connectivity index (χ3n) is 3.42. The van der Waals surface area contributed by atoms with Crippen molar-refractivity contribution in [1.82, 2.24) is 15.5 Å². The zero-order valence-electron chi connectivity index (χ0n) is 11.4. The highest BCUT2D eigenvalue weighted by Gasteiger charge is 2.14. The fourth-order valence-electron chi connectivity index (χ4n) is 2.35. The van der Waals surface area contributed by atoms with Crippen LogP contribution >= 0.6 is 11.8 Å². The lowest BCUT2D eigenvalue weighted by atomic mass is 10.1. The molecule has 0 radical (unpaired) electrons. The third-order valence-corrected chi connectivity index (χ3v) is 4.63. The van der Waals surface area contributed by atoms with E-state index in [1.165, 1.54) is 29.9 Å². The van der Waals surface area contributed by atoms with Crippen LogP contribution in [0.5, 0.6) is 0 Å². The van der Waals surface area contributed by atoms with Gasteiger partial charge in [0.25, 0.3) is 0 Å². The SMILES string of the molecule is c1ccc(Cc2noc(CNC3CCCSC3)n2)cc1. The highest BCUT2D eigenvalue weighted by atomic mass is 32.2. The molecule has 1 aliphatic rings. The number of hydrogen-bond donors (Lipinski definition) is 1. The number of rotatable bonds is 5. The summed E-state index contributed by atoms with van der Waals surface area (Å²) in [7, 11) is 0. The molecule has 2 aromatic rings. The van der Waals surface area contributed by atoms with Gasteiger partial charge in [-0.25, -0.2) is 0 Å². The summed E-state index contributed by atoms with van der Waals surface area (Å²) < 4.78 is 5.30.